The molecule has 29 heavy (non-hydrogen) atoms. The molecule has 0 atom stereocenters. The summed E-state index contributed by atoms with van der Waals surface area (Å²) in [5.74, 6) is 0.487. The highest BCUT2D eigenvalue weighted by Crippen LogP contribution is 2.47. The quantitative estimate of drug-likeness (QED) is 0.408. The highest BCUT2D eigenvalue weighted by atomic mass is 16.5. The molecule has 1 aliphatic rings. The van der Waals surface area contributed by atoms with Crippen LogP contribution in [-0.4, -0.2) is 12.6 Å². The molecule has 1 aliphatic carbocycles. The van der Waals surface area contributed by atoms with Crippen LogP contribution in [0.1, 0.15) is 80.9 Å². The second-order valence-electron chi connectivity index (χ2n) is 9.13. The van der Waals surface area contributed by atoms with E-state index in [-0.39, 0.29) is 16.8 Å². The van der Waals surface area contributed by atoms with Gasteiger partial charge in [-0.15, -0.1) is 0 Å². The van der Waals surface area contributed by atoms with Crippen LogP contribution in [-0.2, 0) is 15.6 Å². The Hall–Kier alpha value is -2.55. The van der Waals surface area contributed by atoms with E-state index in [4.69, 9.17) is 9.47 Å². The second kappa shape index (κ2) is 8.44. The first-order valence-electron chi connectivity index (χ1n) is 10.5. The molecule has 0 aliphatic heterocycles. The van der Waals surface area contributed by atoms with Crippen molar-refractivity contribution < 1.29 is 14.3 Å². The lowest BCUT2D eigenvalue weighted by Crippen LogP contribution is -2.34. The lowest BCUT2D eigenvalue weighted by atomic mass is 9.63. The summed E-state index contributed by atoms with van der Waals surface area (Å²) in [7, 11) is 0. The van der Waals surface area contributed by atoms with Crippen LogP contribution in [0.25, 0.3) is 6.08 Å². The monoisotopic (exact) mass is 392 g/mol. The van der Waals surface area contributed by atoms with E-state index in [1.54, 1.807) is 12.1 Å². The molecule has 0 saturated heterocycles. The number of benzene rings is 2. The summed E-state index contributed by atoms with van der Waals surface area (Å²) in [5, 5.41) is 0. The first kappa shape index (κ1) is 21.2. The maximum Gasteiger partial charge on any atom is 0.342 e. The van der Waals surface area contributed by atoms with Crippen LogP contribution in [0.15, 0.2) is 48.7 Å². The molecule has 0 saturated carbocycles. The molecule has 3 heteroatoms. The van der Waals surface area contributed by atoms with Gasteiger partial charge in [-0.1, -0.05) is 52.8 Å². The Balaban J connectivity index is 1.93. The fraction of sp³-hybridized carbons (Fsp3) is 0.423. The Morgan fingerprint density at radius 3 is 2.24 bits per heavy atom. The molecule has 0 radical (unpaired) electrons. The van der Waals surface area contributed by atoms with Gasteiger partial charge in [-0.2, -0.15) is 0 Å². The van der Waals surface area contributed by atoms with Crippen LogP contribution < -0.4 is 4.74 Å². The van der Waals surface area contributed by atoms with Crippen LogP contribution >= 0.6 is 0 Å². The molecule has 0 bridgehead atoms. The zero-order chi connectivity index (χ0) is 21.1. The van der Waals surface area contributed by atoms with Crippen LogP contribution in [0.4, 0.5) is 0 Å². The number of rotatable bonds is 6. The van der Waals surface area contributed by atoms with Crippen LogP contribution in [0.2, 0.25) is 0 Å². The van der Waals surface area contributed by atoms with Crippen molar-refractivity contribution in [3.63, 3.8) is 0 Å². The molecule has 0 aromatic heterocycles. The van der Waals surface area contributed by atoms with Gasteiger partial charge in [0.2, 0.25) is 0 Å². The van der Waals surface area contributed by atoms with Crippen molar-refractivity contribution in [3.8, 4) is 5.75 Å². The number of fused-ring (bicyclic) bond motifs is 1. The lowest BCUT2D eigenvalue weighted by molar-refractivity contribution is 0.0665. The Morgan fingerprint density at radius 2 is 1.62 bits per heavy atom. The largest absolute Gasteiger partial charge is 0.493 e. The van der Waals surface area contributed by atoms with Gasteiger partial charge in [-0.3, -0.25) is 0 Å². The van der Waals surface area contributed by atoms with Gasteiger partial charge in [-0.25, -0.2) is 4.79 Å². The highest BCUT2D eigenvalue weighted by Gasteiger charge is 2.37. The predicted molar refractivity (Wildman–Crippen MR) is 118 cm³/mol. The van der Waals surface area contributed by atoms with E-state index in [9.17, 15) is 4.79 Å². The summed E-state index contributed by atoms with van der Waals surface area (Å²) < 4.78 is 11.4. The molecule has 3 nitrogen and oxygen atoms in total. The normalized spacial score (nSPS) is 17.0. The fourth-order valence-corrected chi connectivity index (χ4v) is 3.89. The first-order chi connectivity index (χ1) is 13.7. The average molecular weight is 393 g/mol. The van der Waals surface area contributed by atoms with E-state index < -0.39 is 0 Å². The van der Waals surface area contributed by atoms with Gasteiger partial charge < -0.3 is 9.47 Å². The highest BCUT2D eigenvalue weighted by molar-refractivity contribution is 5.89. The third kappa shape index (κ3) is 4.72. The molecule has 0 N–H and O–H groups in total. The van der Waals surface area contributed by atoms with Crippen molar-refractivity contribution in [2.45, 2.75) is 64.7 Å². The molecule has 2 aromatic carbocycles. The van der Waals surface area contributed by atoms with Crippen LogP contribution in [0.5, 0.6) is 5.75 Å². The molecule has 0 spiro atoms. The zero-order valence-electron chi connectivity index (χ0n) is 18.2. The van der Waals surface area contributed by atoms with Gasteiger partial charge >= 0.3 is 5.97 Å². The van der Waals surface area contributed by atoms with Gasteiger partial charge in [-0.05, 0) is 71.6 Å². The Bertz CT molecular complexity index is 892. The van der Waals surface area contributed by atoms with E-state index in [2.05, 4.69) is 46.8 Å². The summed E-state index contributed by atoms with van der Waals surface area (Å²) >= 11 is 0. The number of ether oxygens (including phenoxy) is 2. The van der Waals surface area contributed by atoms with Crippen molar-refractivity contribution in [1.82, 2.24) is 0 Å². The van der Waals surface area contributed by atoms with Gasteiger partial charge in [0.05, 0.1) is 18.4 Å². The molecule has 0 unspecified atom stereocenters. The minimum absolute atomic E-state index is 0.109. The number of hydrogen-bond donors (Lipinski definition) is 0. The second-order valence-corrected chi connectivity index (χ2v) is 9.13. The summed E-state index contributed by atoms with van der Waals surface area (Å²) in [6, 6.07) is 13.4. The summed E-state index contributed by atoms with van der Waals surface area (Å²) in [4.78, 5) is 12.2. The van der Waals surface area contributed by atoms with Crippen molar-refractivity contribution in [3.05, 3.63) is 71.0 Å². The SMILES string of the molecule is CCCOc1cc2c(cc1/C=C/OC(=O)c1ccccc1)C(C)(C)CCC2(C)C. The number of carbonyl (C=O) groups is 1. The molecule has 0 heterocycles. The van der Waals surface area contributed by atoms with Gasteiger partial charge in [0.15, 0.2) is 0 Å². The third-order valence-electron chi connectivity index (χ3n) is 5.88. The maximum atomic E-state index is 12.2. The van der Waals surface area contributed by atoms with Gasteiger partial charge in [0.25, 0.3) is 0 Å². The van der Waals surface area contributed by atoms with Crippen LogP contribution in [0.3, 0.4) is 0 Å². The summed E-state index contributed by atoms with van der Waals surface area (Å²) in [5.41, 5.74) is 4.43. The molecule has 2 aromatic rings. The van der Waals surface area contributed by atoms with Crippen molar-refractivity contribution in [2.24, 2.45) is 0 Å². The number of esters is 1. The molecular weight excluding hydrogens is 360 g/mol. The van der Waals surface area contributed by atoms with E-state index in [0.717, 1.165) is 30.6 Å². The fourth-order valence-electron chi connectivity index (χ4n) is 3.89. The standard InChI is InChI=1S/C26H32O3/c1-6-15-28-23-18-22-21(25(2,3)13-14-26(22,4)5)17-20(23)12-16-29-24(27)19-10-8-7-9-11-19/h7-12,16-18H,6,13-15H2,1-5H3/b16-12+. The van der Waals surface area contributed by atoms with Gasteiger partial charge in [0.1, 0.15) is 5.75 Å². The number of carbonyl (C=O) groups excluding carboxylic acids is 1. The molecule has 0 amide bonds. The minimum atomic E-state index is -0.364. The number of hydrogen-bond acceptors (Lipinski definition) is 3. The predicted octanol–water partition coefficient (Wildman–Crippen LogP) is 6.65. The Kier molecular flexibility index (Phi) is 6.16. The lowest BCUT2D eigenvalue weighted by Gasteiger charge is -2.42. The minimum Gasteiger partial charge on any atom is -0.493 e. The van der Waals surface area contributed by atoms with Crippen molar-refractivity contribution in [2.75, 3.05) is 6.61 Å². The topological polar surface area (TPSA) is 35.5 Å². The summed E-state index contributed by atoms with van der Waals surface area (Å²) in [6.45, 7) is 12.0. The van der Waals surface area contributed by atoms with Crippen LogP contribution in [0, 0.1) is 0 Å². The van der Waals surface area contributed by atoms with Crippen molar-refractivity contribution in [1.29, 1.82) is 0 Å². The van der Waals surface area contributed by atoms with E-state index in [1.165, 1.54) is 17.4 Å². The summed E-state index contributed by atoms with van der Waals surface area (Å²) in [6.07, 6.45) is 6.55. The molecular formula is C26H32O3. The maximum absolute atomic E-state index is 12.2. The van der Waals surface area contributed by atoms with E-state index in [0.29, 0.717) is 12.2 Å². The van der Waals surface area contributed by atoms with Gasteiger partial charge in [0, 0.05) is 5.56 Å². The average Bonchev–Trinajstić information content (AvgIpc) is 2.70. The Labute approximate surface area is 174 Å². The molecule has 0 fully saturated rings. The third-order valence-corrected chi connectivity index (χ3v) is 5.88. The Morgan fingerprint density at radius 1 is 1.00 bits per heavy atom. The smallest absolute Gasteiger partial charge is 0.342 e. The van der Waals surface area contributed by atoms with Crippen molar-refractivity contribution >= 4 is 12.0 Å². The van der Waals surface area contributed by atoms with E-state index in [1.807, 2.05) is 24.3 Å². The van der Waals surface area contributed by atoms with E-state index >= 15 is 0 Å². The molecule has 3 rings (SSSR count). The first-order valence-corrected chi connectivity index (χ1v) is 10.5. The molecule has 154 valence electrons. The zero-order valence-corrected chi connectivity index (χ0v) is 18.2.